The van der Waals surface area contributed by atoms with Gasteiger partial charge in [-0.3, -0.25) is 4.79 Å². The van der Waals surface area contributed by atoms with Gasteiger partial charge >= 0.3 is 0 Å². The van der Waals surface area contributed by atoms with E-state index in [9.17, 15) is 4.79 Å². The molecule has 0 spiro atoms. The fourth-order valence-corrected chi connectivity index (χ4v) is 2.05. The molecule has 2 rings (SSSR count). The van der Waals surface area contributed by atoms with E-state index in [0.717, 1.165) is 11.1 Å². The third-order valence-electron chi connectivity index (χ3n) is 3.38. The molecule has 2 aromatic carbocycles. The lowest BCUT2D eigenvalue weighted by molar-refractivity contribution is -0.123. The molecule has 3 nitrogen and oxygen atoms in total. The van der Waals surface area contributed by atoms with Gasteiger partial charge in [-0.2, -0.15) is 0 Å². The molecule has 3 N–H and O–H groups in total. The van der Waals surface area contributed by atoms with Crippen molar-refractivity contribution in [2.24, 2.45) is 5.73 Å². The first-order valence-electron chi connectivity index (χ1n) is 6.75. The van der Waals surface area contributed by atoms with Gasteiger partial charge < -0.3 is 11.1 Å². The predicted molar refractivity (Wildman–Crippen MR) is 81.1 cm³/mol. The molecule has 0 aliphatic carbocycles. The molecule has 0 radical (unpaired) electrons. The number of carbonyl (C=O) groups excluding carboxylic acids is 1. The average Bonchev–Trinajstić information content (AvgIpc) is 2.48. The molecule has 2 atom stereocenters. The summed E-state index contributed by atoms with van der Waals surface area (Å²) in [6.45, 7) is 4.00. The smallest absolute Gasteiger partial charge is 0.241 e. The second-order valence-corrected chi connectivity index (χ2v) is 5.03. The number of benzene rings is 2. The summed E-state index contributed by atoms with van der Waals surface area (Å²) in [5.74, 6) is -0.163. The Hall–Kier alpha value is -2.13. The lowest BCUT2D eigenvalue weighted by Gasteiger charge is -2.18. The molecule has 1 amide bonds. The van der Waals surface area contributed by atoms with E-state index in [2.05, 4.69) is 5.32 Å². The van der Waals surface area contributed by atoms with Crippen LogP contribution in [0, 0.1) is 6.92 Å². The second kappa shape index (κ2) is 6.35. The Bertz CT molecular complexity index is 563. The monoisotopic (exact) mass is 268 g/mol. The summed E-state index contributed by atoms with van der Waals surface area (Å²) in [5.41, 5.74) is 9.07. The van der Waals surface area contributed by atoms with Crippen LogP contribution in [0.25, 0.3) is 0 Å². The van der Waals surface area contributed by atoms with Gasteiger partial charge in [-0.1, -0.05) is 60.2 Å². The van der Waals surface area contributed by atoms with E-state index in [1.54, 1.807) is 0 Å². The van der Waals surface area contributed by atoms with Crippen molar-refractivity contribution in [1.82, 2.24) is 5.32 Å². The van der Waals surface area contributed by atoms with Crippen molar-refractivity contribution in [3.8, 4) is 0 Å². The Morgan fingerprint density at radius 3 is 2.20 bits per heavy atom. The number of hydrogen-bond acceptors (Lipinski definition) is 2. The lowest BCUT2D eigenvalue weighted by atomic mass is 10.0. The van der Waals surface area contributed by atoms with Crippen molar-refractivity contribution < 1.29 is 4.79 Å². The van der Waals surface area contributed by atoms with Crippen LogP contribution in [-0.2, 0) is 4.79 Å². The summed E-state index contributed by atoms with van der Waals surface area (Å²) in [6.07, 6.45) is 0. The largest absolute Gasteiger partial charge is 0.348 e. The summed E-state index contributed by atoms with van der Waals surface area (Å²) in [7, 11) is 0. The first-order valence-corrected chi connectivity index (χ1v) is 6.75. The molecule has 0 aliphatic heterocycles. The highest BCUT2D eigenvalue weighted by molar-refractivity contribution is 5.83. The zero-order chi connectivity index (χ0) is 14.5. The maximum absolute atomic E-state index is 12.2. The molecular formula is C17H20N2O. The number of carbonyl (C=O) groups is 1. The minimum Gasteiger partial charge on any atom is -0.348 e. The van der Waals surface area contributed by atoms with Crippen LogP contribution in [0.4, 0.5) is 0 Å². The van der Waals surface area contributed by atoms with Crippen LogP contribution in [0.15, 0.2) is 54.6 Å². The van der Waals surface area contributed by atoms with E-state index in [-0.39, 0.29) is 11.9 Å². The summed E-state index contributed by atoms with van der Waals surface area (Å²) in [5, 5.41) is 2.95. The third-order valence-corrected chi connectivity index (χ3v) is 3.38. The quantitative estimate of drug-likeness (QED) is 0.896. The van der Waals surface area contributed by atoms with Gasteiger partial charge in [-0.25, -0.2) is 0 Å². The first-order chi connectivity index (χ1) is 9.58. The average molecular weight is 268 g/mol. The van der Waals surface area contributed by atoms with Crippen LogP contribution in [-0.4, -0.2) is 5.91 Å². The number of aryl methyl sites for hydroxylation is 1. The fourth-order valence-electron chi connectivity index (χ4n) is 2.05. The van der Waals surface area contributed by atoms with E-state index in [4.69, 9.17) is 5.73 Å². The fraction of sp³-hybridized carbons (Fsp3) is 0.235. The van der Waals surface area contributed by atoms with Crippen molar-refractivity contribution >= 4 is 5.91 Å². The molecule has 0 heterocycles. The predicted octanol–water partition coefficient (Wildman–Crippen LogP) is 2.87. The molecule has 0 aliphatic rings. The zero-order valence-corrected chi connectivity index (χ0v) is 11.8. The van der Waals surface area contributed by atoms with Crippen LogP contribution >= 0.6 is 0 Å². The maximum Gasteiger partial charge on any atom is 0.241 e. The number of amides is 1. The van der Waals surface area contributed by atoms with Crippen molar-refractivity contribution in [3.05, 3.63) is 71.3 Å². The molecule has 0 fully saturated rings. The lowest BCUT2D eigenvalue weighted by Crippen LogP contribution is -2.35. The molecule has 0 saturated heterocycles. The summed E-state index contributed by atoms with van der Waals surface area (Å²) in [4.78, 5) is 12.2. The Balaban J connectivity index is 2.02. The van der Waals surface area contributed by atoms with E-state index in [1.165, 1.54) is 5.56 Å². The Morgan fingerprint density at radius 1 is 1.00 bits per heavy atom. The van der Waals surface area contributed by atoms with Crippen LogP contribution in [0.1, 0.15) is 35.7 Å². The van der Waals surface area contributed by atoms with Crippen molar-refractivity contribution in [2.45, 2.75) is 25.9 Å². The molecule has 0 bridgehead atoms. The van der Waals surface area contributed by atoms with Gasteiger partial charge in [0.1, 0.15) is 6.04 Å². The van der Waals surface area contributed by atoms with Gasteiger partial charge in [-0.15, -0.1) is 0 Å². The molecular weight excluding hydrogens is 248 g/mol. The third kappa shape index (κ3) is 3.45. The SMILES string of the molecule is Cc1ccc([C@@H](C)NC(=O)[C@@H](N)c2ccccc2)cc1. The molecule has 104 valence electrons. The van der Waals surface area contributed by atoms with Gasteiger partial charge in [0.15, 0.2) is 0 Å². The summed E-state index contributed by atoms with van der Waals surface area (Å²) >= 11 is 0. The highest BCUT2D eigenvalue weighted by atomic mass is 16.2. The standard InChI is InChI=1S/C17H20N2O/c1-12-8-10-14(11-9-12)13(2)19-17(20)16(18)15-6-4-3-5-7-15/h3-11,13,16H,18H2,1-2H3,(H,19,20)/t13-,16+/m1/s1. The minimum atomic E-state index is -0.635. The molecule has 3 heteroatoms. The highest BCUT2D eigenvalue weighted by Gasteiger charge is 2.17. The second-order valence-electron chi connectivity index (χ2n) is 5.03. The van der Waals surface area contributed by atoms with E-state index < -0.39 is 6.04 Å². The molecule has 20 heavy (non-hydrogen) atoms. The van der Waals surface area contributed by atoms with Crippen molar-refractivity contribution in [1.29, 1.82) is 0 Å². The van der Waals surface area contributed by atoms with E-state index in [1.807, 2.05) is 68.4 Å². The Labute approximate surface area is 119 Å². The molecule has 0 aromatic heterocycles. The Kier molecular flexibility index (Phi) is 4.53. The zero-order valence-electron chi connectivity index (χ0n) is 11.8. The van der Waals surface area contributed by atoms with Crippen LogP contribution in [0.3, 0.4) is 0 Å². The van der Waals surface area contributed by atoms with Gasteiger partial charge in [-0.05, 0) is 25.0 Å². The molecule has 2 aromatic rings. The van der Waals surface area contributed by atoms with Gasteiger partial charge in [0, 0.05) is 0 Å². The number of hydrogen-bond donors (Lipinski definition) is 2. The number of nitrogens with two attached hydrogens (primary N) is 1. The molecule has 0 unspecified atom stereocenters. The van der Waals surface area contributed by atoms with Crippen LogP contribution in [0.2, 0.25) is 0 Å². The summed E-state index contributed by atoms with van der Waals surface area (Å²) in [6, 6.07) is 16.8. The summed E-state index contributed by atoms with van der Waals surface area (Å²) < 4.78 is 0. The molecule has 0 saturated carbocycles. The van der Waals surface area contributed by atoms with Crippen molar-refractivity contribution in [3.63, 3.8) is 0 Å². The van der Waals surface area contributed by atoms with Gasteiger partial charge in [0.25, 0.3) is 0 Å². The Morgan fingerprint density at radius 2 is 1.60 bits per heavy atom. The highest BCUT2D eigenvalue weighted by Crippen LogP contribution is 2.15. The minimum absolute atomic E-state index is 0.0575. The number of nitrogens with one attached hydrogen (secondary N) is 1. The topological polar surface area (TPSA) is 55.1 Å². The van der Waals surface area contributed by atoms with Crippen LogP contribution < -0.4 is 11.1 Å². The maximum atomic E-state index is 12.2. The van der Waals surface area contributed by atoms with Crippen molar-refractivity contribution in [2.75, 3.05) is 0 Å². The first kappa shape index (κ1) is 14.3. The van der Waals surface area contributed by atoms with E-state index >= 15 is 0 Å². The number of rotatable bonds is 4. The van der Waals surface area contributed by atoms with Crippen LogP contribution in [0.5, 0.6) is 0 Å². The van der Waals surface area contributed by atoms with E-state index in [0.29, 0.717) is 0 Å². The van der Waals surface area contributed by atoms with Gasteiger partial charge in [0.2, 0.25) is 5.91 Å². The normalized spacial score (nSPS) is 13.6. The van der Waals surface area contributed by atoms with Gasteiger partial charge in [0.05, 0.1) is 6.04 Å².